The quantitative estimate of drug-likeness (QED) is 0.273. The van der Waals surface area contributed by atoms with Crippen molar-refractivity contribution in [2.24, 2.45) is 0 Å². The first-order valence-corrected chi connectivity index (χ1v) is 11.0. The molecule has 0 atom stereocenters. The Bertz CT molecular complexity index is 1360. The number of hydrogen-bond donors (Lipinski definition) is 1. The zero-order valence-corrected chi connectivity index (χ0v) is 19.2. The van der Waals surface area contributed by atoms with E-state index < -0.39 is 11.7 Å². The van der Waals surface area contributed by atoms with Gasteiger partial charge in [-0.3, -0.25) is 4.79 Å². The van der Waals surface area contributed by atoms with Gasteiger partial charge in [0.1, 0.15) is 23.3 Å². The molecule has 0 aliphatic carbocycles. The van der Waals surface area contributed by atoms with Crippen LogP contribution in [-0.2, 0) is 22.3 Å². The molecule has 182 valence electrons. The average Bonchev–Trinajstić information content (AvgIpc) is 3.24. The number of ether oxygens (including phenoxy) is 2. The largest absolute Gasteiger partial charge is 0.466 e. The van der Waals surface area contributed by atoms with Crippen LogP contribution in [0.4, 0.5) is 24.7 Å². The van der Waals surface area contributed by atoms with Gasteiger partial charge in [-0.1, -0.05) is 17.7 Å². The Labute approximate surface area is 203 Å². The first-order chi connectivity index (χ1) is 16.7. The normalized spacial score (nSPS) is 11.5. The van der Waals surface area contributed by atoms with Gasteiger partial charge in [0.15, 0.2) is 5.82 Å². The maximum atomic E-state index is 13.0. The average molecular weight is 505 g/mol. The van der Waals surface area contributed by atoms with Crippen molar-refractivity contribution in [3.8, 4) is 11.5 Å². The van der Waals surface area contributed by atoms with Crippen molar-refractivity contribution in [1.82, 2.24) is 14.5 Å². The molecule has 1 N–H and O–H groups in total. The molecular formula is C24H20ClF3N4O3. The van der Waals surface area contributed by atoms with Gasteiger partial charge in [-0.05, 0) is 49.4 Å². The van der Waals surface area contributed by atoms with Crippen molar-refractivity contribution in [3.05, 3.63) is 71.6 Å². The third-order valence-corrected chi connectivity index (χ3v) is 5.29. The van der Waals surface area contributed by atoms with Crippen molar-refractivity contribution < 1.29 is 27.4 Å². The second-order valence-electron chi connectivity index (χ2n) is 7.42. The lowest BCUT2D eigenvalue weighted by Gasteiger charge is -2.13. The van der Waals surface area contributed by atoms with Crippen LogP contribution in [0.25, 0.3) is 11.0 Å². The molecule has 0 radical (unpaired) electrons. The van der Waals surface area contributed by atoms with Crippen LogP contribution in [0.2, 0.25) is 5.02 Å². The second-order valence-corrected chi connectivity index (χ2v) is 7.83. The van der Waals surface area contributed by atoms with E-state index in [0.29, 0.717) is 35.7 Å². The van der Waals surface area contributed by atoms with Gasteiger partial charge in [0.2, 0.25) is 0 Å². The molecule has 0 amide bonds. The molecule has 11 heteroatoms. The number of carbonyl (C=O) groups is 1. The maximum Gasteiger partial charge on any atom is 0.416 e. The van der Waals surface area contributed by atoms with E-state index in [2.05, 4.69) is 15.3 Å². The third kappa shape index (κ3) is 5.83. The molecule has 0 aliphatic heterocycles. The number of nitrogens with zero attached hydrogens (tertiary/aromatic N) is 3. The van der Waals surface area contributed by atoms with Gasteiger partial charge in [0.05, 0.1) is 29.1 Å². The molecule has 4 rings (SSSR count). The van der Waals surface area contributed by atoms with Crippen LogP contribution in [0.15, 0.2) is 61.1 Å². The van der Waals surface area contributed by atoms with Crippen LogP contribution in [0, 0.1) is 0 Å². The molecule has 0 spiro atoms. The second kappa shape index (κ2) is 10.2. The van der Waals surface area contributed by atoms with Crippen molar-refractivity contribution in [1.29, 1.82) is 0 Å². The summed E-state index contributed by atoms with van der Waals surface area (Å²) >= 11 is 6.34. The monoisotopic (exact) mass is 504 g/mol. The Hall–Kier alpha value is -3.79. The first-order valence-electron chi connectivity index (χ1n) is 10.6. The Morgan fingerprint density at radius 3 is 2.71 bits per heavy atom. The van der Waals surface area contributed by atoms with E-state index in [0.717, 1.165) is 12.1 Å². The predicted octanol–water partition coefficient (Wildman–Crippen LogP) is 6.59. The summed E-state index contributed by atoms with van der Waals surface area (Å²) in [6.45, 7) is 2.45. The van der Waals surface area contributed by atoms with Crippen LogP contribution in [0.5, 0.6) is 11.5 Å². The van der Waals surface area contributed by atoms with Gasteiger partial charge >= 0.3 is 12.1 Å². The Balaban J connectivity index is 1.53. The molecule has 0 aliphatic rings. The SMILES string of the molecule is CCOC(=O)CCn1ccc2ncnc(Nc3ccc(Oc4cccc(C(F)(F)F)c4)c(Cl)c3)c21. The van der Waals surface area contributed by atoms with Crippen LogP contribution in [0.3, 0.4) is 0 Å². The summed E-state index contributed by atoms with van der Waals surface area (Å²) in [4.78, 5) is 20.3. The zero-order valence-electron chi connectivity index (χ0n) is 18.5. The maximum absolute atomic E-state index is 13.0. The zero-order chi connectivity index (χ0) is 25.0. The number of carbonyl (C=O) groups excluding carboxylic acids is 1. The fraction of sp³-hybridized carbons (Fsp3) is 0.208. The summed E-state index contributed by atoms with van der Waals surface area (Å²) in [5.74, 6) is 0.400. The molecule has 0 unspecified atom stereocenters. The van der Waals surface area contributed by atoms with E-state index in [4.69, 9.17) is 21.1 Å². The van der Waals surface area contributed by atoms with Crippen molar-refractivity contribution in [2.75, 3.05) is 11.9 Å². The van der Waals surface area contributed by atoms with Gasteiger partial charge in [0, 0.05) is 18.4 Å². The molecule has 0 bridgehead atoms. The lowest BCUT2D eigenvalue weighted by atomic mass is 10.2. The van der Waals surface area contributed by atoms with Crippen LogP contribution in [-0.4, -0.2) is 27.1 Å². The molecule has 0 saturated heterocycles. The standard InChI is InChI=1S/C24H20ClF3N4O3/c1-2-34-21(33)9-11-32-10-8-19-22(32)23(30-14-29-19)31-16-6-7-20(18(25)13-16)35-17-5-3-4-15(12-17)24(26,27)28/h3-8,10,12-14H,2,9,11H2,1H3,(H,29,30,31). The fourth-order valence-corrected chi connectivity index (χ4v) is 3.64. The highest BCUT2D eigenvalue weighted by Gasteiger charge is 2.30. The van der Waals surface area contributed by atoms with Crippen molar-refractivity contribution in [2.45, 2.75) is 26.1 Å². The number of esters is 1. The number of fused-ring (bicyclic) bond motifs is 1. The van der Waals surface area contributed by atoms with Gasteiger partial charge in [-0.15, -0.1) is 0 Å². The summed E-state index contributed by atoms with van der Waals surface area (Å²) in [5, 5.41) is 3.36. The van der Waals surface area contributed by atoms with Crippen molar-refractivity contribution in [3.63, 3.8) is 0 Å². The van der Waals surface area contributed by atoms with E-state index in [1.165, 1.54) is 18.5 Å². The lowest BCUT2D eigenvalue weighted by Crippen LogP contribution is -2.09. The number of anilines is 2. The summed E-state index contributed by atoms with van der Waals surface area (Å²) in [6, 6.07) is 11.1. The Morgan fingerprint density at radius 2 is 1.97 bits per heavy atom. The number of benzene rings is 2. The predicted molar refractivity (Wildman–Crippen MR) is 125 cm³/mol. The first kappa shape index (κ1) is 24.3. The molecule has 2 aromatic heterocycles. The number of alkyl halides is 3. The highest BCUT2D eigenvalue weighted by molar-refractivity contribution is 6.32. The van der Waals surface area contributed by atoms with Crippen LogP contribution >= 0.6 is 11.6 Å². The van der Waals surface area contributed by atoms with Gasteiger partial charge < -0.3 is 19.4 Å². The van der Waals surface area contributed by atoms with Gasteiger partial charge in [-0.25, -0.2) is 9.97 Å². The summed E-state index contributed by atoms with van der Waals surface area (Å²) in [5.41, 5.74) is 1.13. The number of halogens is 4. The van der Waals surface area contributed by atoms with Gasteiger partial charge in [-0.2, -0.15) is 13.2 Å². The smallest absolute Gasteiger partial charge is 0.416 e. The number of aromatic nitrogens is 3. The minimum Gasteiger partial charge on any atom is -0.466 e. The molecule has 35 heavy (non-hydrogen) atoms. The van der Waals surface area contributed by atoms with E-state index in [1.807, 2.05) is 16.8 Å². The van der Waals surface area contributed by atoms with Crippen molar-refractivity contribution >= 4 is 40.1 Å². The van der Waals surface area contributed by atoms with E-state index in [-0.39, 0.29) is 28.9 Å². The molecule has 7 nitrogen and oxygen atoms in total. The fourth-order valence-electron chi connectivity index (χ4n) is 3.42. The highest BCUT2D eigenvalue weighted by atomic mass is 35.5. The number of rotatable bonds is 8. The molecule has 2 aromatic carbocycles. The van der Waals surface area contributed by atoms with Crippen LogP contribution in [0.1, 0.15) is 18.9 Å². The van der Waals surface area contributed by atoms with Gasteiger partial charge in [0.25, 0.3) is 0 Å². The number of aryl methyl sites for hydroxylation is 1. The number of hydrogen-bond acceptors (Lipinski definition) is 6. The minimum atomic E-state index is -4.48. The molecular weight excluding hydrogens is 485 g/mol. The molecule has 0 saturated carbocycles. The van der Waals surface area contributed by atoms with Crippen LogP contribution < -0.4 is 10.1 Å². The van der Waals surface area contributed by atoms with E-state index in [9.17, 15) is 18.0 Å². The summed E-state index contributed by atoms with van der Waals surface area (Å²) < 4.78 is 51.3. The summed E-state index contributed by atoms with van der Waals surface area (Å²) in [6.07, 6.45) is -1.07. The van der Waals surface area contributed by atoms with E-state index >= 15 is 0 Å². The lowest BCUT2D eigenvalue weighted by molar-refractivity contribution is -0.143. The minimum absolute atomic E-state index is 0.0133. The Kier molecular flexibility index (Phi) is 7.11. The summed E-state index contributed by atoms with van der Waals surface area (Å²) in [7, 11) is 0. The third-order valence-electron chi connectivity index (χ3n) is 5.00. The Morgan fingerprint density at radius 1 is 1.14 bits per heavy atom. The molecule has 2 heterocycles. The van der Waals surface area contributed by atoms with E-state index in [1.54, 1.807) is 25.1 Å². The number of nitrogens with one attached hydrogen (secondary N) is 1. The topological polar surface area (TPSA) is 78.3 Å². The highest BCUT2D eigenvalue weighted by Crippen LogP contribution is 2.36. The molecule has 0 fully saturated rings. The molecule has 4 aromatic rings.